The van der Waals surface area contributed by atoms with Gasteiger partial charge in [-0.1, -0.05) is 12.1 Å². The zero-order chi connectivity index (χ0) is 12.8. The van der Waals surface area contributed by atoms with Crippen LogP contribution < -0.4 is 0 Å². The summed E-state index contributed by atoms with van der Waals surface area (Å²) in [5.74, 6) is -0.741. The first kappa shape index (κ1) is 13.2. The lowest BCUT2D eigenvalue weighted by atomic mass is 10.1. The molecule has 92 valence electrons. The van der Waals surface area contributed by atoms with Gasteiger partial charge in [-0.3, -0.25) is 0 Å². The van der Waals surface area contributed by atoms with Crippen LogP contribution in [0.3, 0.4) is 0 Å². The van der Waals surface area contributed by atoms with Gasteiger partial charge in [-0.2, -0.15) is 0 Å². The fraction of sp³-hybridized carbons (Fsp3) is 0.308. The van der Waals surface area contributed by atoms with E-state index in [1.807, 2.05) is 14.1 Å². The van der Waals surface area contributed by atoms with Crippen LogP contribution in [0.1, 0.15) is 12.5 Å². The van der Waals surface area contributed by atoms with Gasteiger partial charge < -0.3 is 9.64 Å². The van der Waals surface area contributed by atoms with E-state index in [0.29, 0.717) is 17.7 Å². The molecule has 17 heavy (non-hydrogen) atoms. The van der Waals surface area contributed by atoms with Crippen LogP contribution in [0, 0.1) is 5.82 Å². The van der Waals surface area contributed by atoms with Gasteiger partial charge in [0.15, 0.2) is 0 Å². The molecule has 0 atom stereocenters. The number of halogens is 1. The molecule has 1 aromatic rings. The Morgan fingerprint density at radius 2 is 1.94 bits per heavy atom. The minimum Gasteiger partial charge on any atom is -0.462 e. The molecule has 0 saturated heterocycles. The lowest BCUT2D eigenvalue weighted by molar-refractivity contribution is -0.136. The molecule has 0 spiro atoms. The average molecular weight is 237 g/mol. The molecule has 0 aliphatic rings. The number of hydrogen-bond donors (Lipinski definition) is 0. The second-order valence-corrected chi connectivity index (χ2v) is 3.73. The Hall–Kier alpha value is -1.84. The maximum Gasteiger partial charge on any atom is 0.340 e. The standard InChI is InChI=1S/C13H16FNO2/c1-4-17-13(16)12(9-15(2)3)10-5-7-11(14)8-6-10/h5-9H,4H2,1-3H3. The average Bonchev–Trinajstić information content (AvgIpc) is 2.27. The summed E-state index contributed by atoms with van der Waals surface area (Å²) in [5.41, 5.74) is 1.05. The van der Waals surface area contributed by atoms with Gasteiger partial charge in [0.05, 0.1) is 12.2 Å². The summed E-state index contributed by atoms with van der Waals surface area (Å²) in [6.45, 7) is 2.06. The van der Waals surface area contributed by atoms with Gasteiger partial charge in [-0.05, 0) is 24.6 Å². The minimum atomic E-state index is -0.409. The zero-order valence-corrected chi connectivity index (χ0v) is 10.2. The predicted octanol–water partition coefficient (Wildman–Crippen LogP) is 2.29. The quantitative estimate of drug-likeness (QED) is 0.594. The van der Waals surface area contributed by atoms with Crippen molar-refractivity contribution < 1.29 is 13.9 Å². The second-order valence-electron chi connectivity index (χ2n) is 3.73. The number of carbonyl (C=O) groups is 1. The Morgan fingerprint density at radius 1 is 1.35 bits per heavy atom. The predicted molar refractivity (Wildman–Crippen MR) is 64.7 cm³/mol. The molecule has 0 fully saturated rings. The van der Waals surface area contributed by atoms with E-state index in [1.54, 1.807) is 30.2 Å². The number of hydrogen-bond acceptors (Lipinski definition) is 3. The number of ether oxygens (including phenoxy) is 1. The minimum absolute atomic E-state index is 0.310. The maximum absolute atomic E-state index is 12.8. The Labute approximate surface area is 100 Å². The van der Waals surface area contributed by atoms with Crippen LogP contribution in [0.4, 0.5) is 4.39 Å². The van der Waals surface area contributed by atoms with E-state index >= 15 is 0 Å². The molecule has 0 bridgehead atoms. The van der Waals surface area contributed by atoms with E-state index in [4.69, 9.17) is 4.74 Å². The molecule has 0 N–H and O–H groups in total. The molecular weight excluding hydrogens is 221 g/mol. The second kappa shape index (κ2) is 6.03. The smallest absolute Gasteiger partial charge is 0.340 e. The van der Waals surface area contributed by atoms with Crippen molar-refractivity contribution in [2.45, 2.75) is 6.92 Å². The third kappa shape index (κ3) is 3.90. The summed E-state index contributed by atoms with van der Waals surface area (Å²) in [6.07, 6.45) is 1.66. The highest BCUT2D eigenvalue weighted by molar-refractivity contribution is 6.16. The molecular formula is C13H16FNO2. The van der Waals surface area contributed by atoms with Crippen molar-refractivity contribution in [1.29, 1.82) is 0 Å². The molecule has 0 amide bonds. The topological polar surface area (TPSA) is 29.5 Å². The van der Waals surface area contributed by atoms with Crippen LogP contribution in [0.15, 0.2) is 30.5 Å². The molecule has 3 nitrogen and oxygen atoms in total. The lowest BCUT2D eigenvalue weighted by Gasteiger charge is -2.11. The first-order valence-electron chi connectivity index (χ1n) is 5.36. The van der Waals surface area contributed by atoms with Crippen molar-refractivity contribution >= 4 is 11.5 Å². The van der Waals surface area contributed by atoms with E-state index in [-0.39, 0.29) is 5.82 Å². The van der Waals surface area contributed by atoms with Gasteiger partial charge in [0, 0.05) is 20.3 Å². The molecule has 4 heteroatoms. The van der Waals surface area contributed by atoms with Gasteiger partial charge in [-0.15, -0.1) is 0 Å². The summed E-state index contributed by atoms with van der Waals surface area (Å²) < 4.78 is 17.8. The van der Waals surface area contributed by atoms with Crippen molar-refractivity contribution in [3.63, 3.8) is 0 Å². The summed E-state index contributed by atoms with van der Waals surface area (Å²) >= 11 is 0. The van der Waals surface area contributed by atoms with E-state index in [1.165, 1.54) is 12.1 Å². The highest BCUT2D eigenvalue weighted by Gasteiger charge is 2.13. The van der Waals surface area contributed by atoms with Gasteiger partial charge in [-0.25, -0.2) is 9.18 Å². The lowest BCUT2D eigenvalue weighted by Crippen LogP contribution is -2.11. The Kier molecular flexibility index (Phi) is 4.69. The molecule has 1 aromatic carbocycles. The molecule has 0 saturated carbocycles. The number of carbonyl (C=O) groups excluding carboxylic acids is 1. The van der Waals surface area contributed by atoms with Crippen molar-refractivity contribution in [2.24, 2.45) is 0 Å². The normalized spacial score (nSPS) is 11.2. The van der Waals surface area contributed by atoms with Crippen LogP contribution in [0.2, 0.25) is 0 Å². The Balaban J connectivity index is 3.06. The Bertz CT molecular complexity index is 410. The van der Waals surface area contributed by atoms with Gasteiger partial charge in [0.2, 0.25) is 0 Å². The molecule has 0 heterocycles. The summed E-state index contributed by atoms with van der Waals surface area (Å²) in [4.78, 5) is 13.5. The van der Waals surface area contributed by atoms with E-state index in [2.05, 4.69) is 0 Å². The van der Waals surface area contributed by atoms with Crippen LogP contribution in [-0.4, -0.2) is 31.6 Å². The van der Waals surface area contributed by atoms with Gasteiger partial charge in [0.25, 0.3) is 0 Å². The van der Waals surface area contributed by atoms with Crippen LogP contribution in [0.25, 0.3) is 5.57 Å². The summed E-state index contributed by atoms with van der Waals surface area (Å²) in [6, 6.07) is 5.75. The monoisotopic (exact) mass is 237 g/mol. The molecule has 0 aliphatic carbocycles. The van der Waals surface area contributed by atoms with Gasteiger partial charge >= 0.3 is 5.97 Å². The number of esters is 1. The first-order valence-corrected chi connectivity index (χ1v) is 5.36. The molecule has 0 aliphatic heterocycles. The van der Waals surface area contributed by atoms with E-state index < -0.39 is 5.97 Å². The maximum atomic E-state index is 12.8. The van der Waals surface area contributed by atoms with Crippen molar-refractivity contribution in [2.75, 3.05) is 20.7 Å². The van der Waals surface area contributed by atoms with E-state index in [0.717, 1.165) is 0 Å². The number of nitrogens with zero attached hydrogens (tertiary/aromatic N) is 1. The third-order valence-electron chi connectivity index (χ3n) is 2.04. The highest BCUT2D eigenvalue weighted by Crippen LogP contribution is 2.17. The zero-order valence-electron chi connectivity index (χ0n) is 10.2. The first-order chi connectivity index (χ1) is 8.04. The molecule has 0 radical (unpaired) electrons. The van der Waals surface area contributed by atoms with Crippen molar-refractivity contribution in [3.05, 3.63) is 41.8 Å². The molecule has 0 unspecified atom stereocenters. The van der Waals surface area contributed by atoms with Crippen molar-refractivity contribution in [3.8, 4) is 0 Å². The molecule has 1 rings (SSSR count). The van der Waals surface area contributed by atoms with Crippen LogP contribution in [0.5, 0.6) is 0 Å². The third-order valence-corrected chi connectivity index (χ3v) is 2.04. The van der Waals surface area contributed by atoms with Crippen molar-refractivity contribution in [1.82, 2.24) is 4.90 Å². The number of rotatable bonds is 4. The fourth-order valence-corrected chi connectivity index (χ4v) is 1.34. The highest BCUT2D eigenvalue weighted by atomic mass is 19.1. The molecule has 0 aromatic heterocycles. The van der Waals surface area contributed by atoms with Crippen LogP contribution in [-0.2, 0) is 9.53 Å². The van der Waals surface area contributed by atoms with Gasteiger partial charge in [0.1, 0.15) is 5.82 Å². The largest absolute Gasteiger partial charge is 0.462 e. The summed E-state index contributed by atoms with van der Waals surface area (Å²) in [7, 11) is 3.62. The van der Waals surface area contributed by atoms with Crippen LogP contribution >= 0.6 is 0 Å². The van der Waals surface area contributed by atoms with E-state index in [9.17, 15) is 9.18 Å². The summed E-state index contributed by atoms with van der Waals surface area (Å²) in [5, 5.41) is 0. The number of benzene rings is 1. The Morgan fingerprint density at radius 3 is 2.41 bits per heavy atom. The SMILES string of the molecule is CCOC(=O)C(=CN(C)C)c1ccc(F)cc1. The fourth-order valence-electron chi connectivity index (χ4n) is 1.34.